The minimum absolute atomic E-state index is 0.0248. The minimum Gasteiger partial charge on any atom is -0.340 e. The maximum absolute atomic E-state index is 12.8. The van der Waals surface area contributed by atoms with Gasteiger partial charge >= 0.3 is 0 Å². The molecule has 0 bridgehead atoms. The van der Waals surface area contributed by atoms with E-state index in [1.54, 1.807) is 34.3 Å². The van der Waals surface area contributed by atoms with E-state index in [1.165, 1.54) is 0 Å². The summed E-state index contributed by atoms with van der Waals surface area (Å²) in [6.07, 6.45) is 5.08. The standard InChI is InChI=1S/C20H20Cl2N4O/c1-13(2)26(20(27)19-11-25(3)12-24-19)10-14-4-5-23-18(6-14)15-7-16(21)9-17(22)8-15/h4-9,11-13H,10H2,1-3H3. The van der Waals surface area contributed by atoms with Crippen LogP contribution in [0.1, 0.15) is 29.9 Å². The van der Waals surface area contributed by atoms with E-state index in [4.69, 9.17) is 23.2 Å². The molecular weight excluding hydrogens is 383 g/mol. The van der Waals surface area contributed by atoms with E-state index in [0.29, 0.717) is 22.3 Å². The minimum atomic E-state index is -0.102. The molecule has 1 aromatic carbocycles. The topological polar surface area (TPSA) is 51.0 Å². The molecule has 1 amide bonds. The van der Waals surface area contributed by atoms with E-state index in [-0.39, 0.29) is 11.9 Å². The van der Waals surface area contributed by atoms with Gasteiger partial charge in [0.05, 0.1) is 12.0 Å². The maximum Gasteiger partial charge on any atom is 0.274 e. The molecule has 0 fully saturated rings. The molecule has 0 unspecified atom stereocenters. The fourth-order valence-corrected chi connectivity index (χ4v) is 3.31. The Balaban J connectivity index is 1.88. The number of hydrogen-bond donors (Lipinski definition) is 0. The number of aromatic nitrogens is 3. The molecule has 0 atom stereocenters. The Bertz CT molecular complexity index is 948. The van der Waals surface area contributed by atoms with Crippen molar-refractivity contribution >= 4 is 29.1 Å². The van der Waals surface area contributed by atoms with Crippen LogP contribution in [0.15, 0.2) is 49.1 Å². The zero-order valence-corrected chi connectivity index (χ0v) is 16.9. The zero-order valence-electron chi connectivity index (χ0n) is 15.4. The predicted molar refractivity (Wildman–Crippen MR) is 108 cm³/mol. The first kappa shape index (κ1) is 19.4. The molecule has 3 rings (SSSR count). The highest BCUT2D eigenvalue weighted by Gasteiger charge is 2.21. The first-order chi connectivity index (χ1) is 12.8. The fourth-order valence-electron chi connectivity index (χ4n) is 2.79. The Morgan fingerprint density at radius 2 is 1.85 bits per heavy atom. The predicted octanol–water partition coefficient (Wildman–Crippen LogP) is 4.84. The van der Waals surface area contributed by atoms with E-state index in [2.05, 4.69) is 9.97 Å². The summed E-state index contributed by atoms with van der Waals surface area (Å²) in [5, 5.41) is 1.11. The fraction of sp³-hybridized carbons (Fsp3) is 0.250. The third-order valence-corrected chi connectivity index (χ3v) is 4.58. The average molecular weight is 403 g/mol. The van der Waals surface area contributed by atoms with E-state index in [9.17, 15) is 4.79 Å². The number of halogens is 2. The highest BCUT2D eigenvalue weighted by Crippen LogP contribution is 2.26. The summed E-state index contributed by atoms with van der Waals surface area (Å²) in [5.41, 5.74) is 2.99. The van der Waals surface area contributed by atoms with Gasteiger partial charge in [-0.05, 0) is 49.7 Å². The smallest absolute Gasteiger partial charge is 0.274 e. The monoisotopic (exact) mass is 402 g/mol. The number of hydrogen-bond acceptors (Lipinski definition) is 3. The lowest BCUT2D eigenvalue weighted by Gasteiger charge is -2.26. The molecule has 140 valence electrons. The molecule has 0 aliphatic carbocycles. The van der Waals surface area contributed by atoms with Gasteiger partial charge in [-0.15, -0.1) is 0 Å². The van der Waals surface area contributed by atoms with Gasteiger partial charge in [-0.2, -0.15) is 0 Å². The lowest BCUT2D eigenvalue weighted by Crippen LogP contribution is -2.36. The van der Waals surface area contributed by atoms with Gasteiger partial charge in [0.25, 0.3) is 5.91 Å². The van der Waals surface area contributed by atoms with Crippen LogP contribution in [-0.2, 0) is 13.6 Å². The maximum atomic E-state index is 12.8. The van der Waals surface area contributed by atoms with Gasteiger partial charge in [0.1, 0.15) is 5.69 Å². The van der Waals surface area contributed by atoms with Gasteiger partial charge in [0, 0.05) is 47.6 Å². The summed E-state index contributed by atoms with van der Waals surface area (Å²) >= 11 is 12.2. The number of pyridine rings is 1. The second-order valence-electron chi connectivity index (χ2n) is 6.66. The van der Waals surface area contributed by atoms with Crippen LogP contribution >= 0.6 is 23.2 Å². The van der Waals surface area contributed by atoms with Crippen LogP contribution in [0.3, 0.4) is 0 Å². The van der Waals surface area contributed by atoms with Crippen molar-refractivity contribution in [3.05, 3.63) is 70.4 Å². The molecule has 0 N–H and O–H groups in total. The molecule has 5 nitrogen and oxygen atoms in total. The Morgan fingerprint density at radius 1 is 1.15 bits per heavy atom. The van der Waals surface area contributed by atoms with Crippen LogP contribution in [0.5, 0.6) is 0 Å². The van der Waals surface area contributed by atoms with E-state index < -0.39 is 0 Å². The van der Waals surface area contributed by atoms with Crippen molar-refractivity contribution in [1.82, 2.24) is 19.4 Å². The number of benzene rings is 1. The second kappa shape index (κ2) is 8.11. The van der Waals surface area contributed by atoms with E-state index in [1.807, 2.05) is 45.2 Å². The summed E-state index contributed by atoms with van der Waals surface area (Å²) in [5.74, 6) is -0.102. The summed E-state index contributed by atoms with van der Waals surface area (Å²) in [6.45, 7) is 4.43. The molecule has 0 aliphatic rings. The Morgan fingerprint density at radius 3 is 2.44 bits per heavy atom. The molecule has 2 heterocycles. The number of amides is 1. The number of carbonyl (C=O) groups is 1. The van der Waals surface area contributed by atoms with Crippen molar-refractivity contribution in [2.75, 3.05) is 0 Å². The van der Waals surface area contributed by atoms with Crippen LogP contribution in [0.2, 0.25) is 10.0 Å². The van der Waals surface area contributed by atoms with Crippen molar-refractivity contribution < 1.29 is 4.79 Å². The summed E-state index contributed by atoms with van der Waals surface area (Å²) in [6, 6.07) is 9.19. The largest absolute Gasteiger partial charge is 0.340 e. The lowest BCUT2D eigenvalue weighted by atomic mass is 10.1. The van der Waals surface area contributed by atoms with Gasteiger partial charge in [0.2, 0.25) is 0 Å². The summed E-state index contributed by atoms with van der Waals surface area (Å²) < 4.78 is 1.76. The SMILES string of the molecule is CC(C)N(Cc1ccnc(-c2cc(Cl)cc(Cl)c2)c1)C(=O)c1cn(C)cn1. The van der Waals surface area contributed by atoms with Gasteiger partial charge in [-0.25, -0.2) is 4.98 Å². The normalized spacial score (nSPS) is 11.0. The molecule has 0 radical (unpaired) electrons. The van der Waals surface area contributed by atoms with Crippen LogP contribution in [-0.4, -0.2) is 31.4 Å². The third kappa shape index (κ3) is 4.67. The van der Waals surface area contributed by atoms with Crippen molar-refractivity contribution in [2.45, 2.75) is 26.4 Å². The van der Waals surface area contributed by atoms with E-state index >= 15 is 0 Å². The number of carbonyl (C=O) groups excluding carboxylic acids is 1. The molecule has 0 aliphatic heterocycles. The zero-order chi connectivity index (χ0) is 19.6. The van der Waals surface area contributed by atoms with Crippen molar-refractivity contribution in [3.63, 3.8) is 0 Å². The van der Waals surface area contributed by atoms with Crippen molar-refractivity contribution in [2.24, 2.45) is 7.05 Å². The van der Waals surface area contributed by atoms with Crippen LogP contribution in [0.4, 0.5) is 0 Å². The second-order valence-corrected chi connectivity index (χ2v) is 7.53. The first-order valence-corrected chi connectivity index (χ1v) is 9.29. The number of imidazole rings is 1. The Kier molecular flexibility index (Phi) is 5.82. The average Bonchev–Trinajstić information content (AvgIpc) is 3.05. The highest BCUT2D eigenvalue weighted by atomic mass is 35.5. The van der Waals surface area contributed by atoms with Crippen LogP contribution in [0, 0.1) is 0 Å². The molecule has 2 aromatic heterocycles. The summed E-state index contributed by atoms with van der Waals surface area (Å²) in [7, 11) is 1.84. The molecule has 3 aromatic rings. The first-order valence-electron chi connectivity index (χ1n) is 8.54. The molecule has 0 saturated carbocycles. The molecule has 27 heavy (non-hydrogen) atoms. The lowest BCUT2D eigenvalue weighted by molar-refractivity contribution is 0.0684. The summed E-state index contributed by atoms with van der Waals surface area (Å²) in [4.78, 5) is 23.2. The number of nitrogens with zero attached hydrogens (tertiary/aromatic N) is 4. The third-order valence-electron chi connectivity index (χ3n) is 4.14. The quantitative estimate of drug-likeness (QED) is 0.613. The van der Waals surface area contributed by atoms with Gasteiger partial charge in [0.15, 0.2) is 0 Å². The molecule has 7 heteroatoms. The van der Waals surface area contributed by atoms with Crippen LogP contribution in [0.25, 0.3) is 11.3 Å². The Labute approximate surface area is 168 Å². The van der Waals surface area contributed by atoms with Gasteiger partial charge in [-0.3, -0.25) is 9.78 Å². The van der Waals surface area contributed by atoms with Gasteiger partial charge in [-0.1, -0.05) is 23.2 Å². The molecular formula is C20H20Cl2N4O. The van der Waals surface area contributed by atoms with E-state index in [0.717, 1.165) is 16.8 Å². The molecule has 0 spiro atoms. The number of aryl methyl sites for hydroxylation is 1. The van der Waals surface area contributed by atoms with Crippen molar-refractivity contribution in [3.8, 4) is 11.3 Å². The molecule has 0 saturated heterocycles. The van der Waals surface area contributed by atoms with Gasteiger partial charge < -0.3 is 9.47 Å². The number of rotatable bonds is 5. The Hall–Kier alpha value is -2.37. The van der Waals surface area contributed by atoms with Crippen molar-refractivity contribution in [1.29, 1.82) is 0 Å². The van der Waals surface area contributed by atoms with Crippen LogP contribution < -0.4 is 0 Å². The highest BCUT2D eigenvalue weighted by molar-refractivity contribution is 6.35.